The lowest BCUT2D eigenvalue weighted by Gasteiger charge is -2.53. The van der Waals surface area contributed by atoms with E-state index < -0.39 is 5.72 Å². The van der Waals surface area contributed by atoms with E-state index in [9.17, 15) is 4.79 Å². The molecule has 3 aliphatic carbocycles. The highest BCUT2D eigenvalue weighted by molar-refractivity contribution is 5.84. The van der Waals surface area contributed by atoms with Crippen molar-refractivity contribution in [3.8, 4) is 0 Å². The van der Waals surface area contributed by atoms with Gasteiger partial charge in [0, 0.05) is 29.4 Å². The molecule has 0 aromatic heterocycles. The van der Waals surface area contributed by atoms with Crippen molar-refractivity contribution >= 4 is 5.91 Å². The van der Waals surface area contributed by atoms with Gasteiger partial charge in [0.25, 0.3) is 0 Å². The minimum atomic E-state index is -0.579. The molecule has 4 fully saturated rings. The van der Waals surface area contributed by atoms with Crippen LogP contribution in [0.4, 0.5) is 0 Å². The zero-order valence-electron chi connectivity index (χ0n) is 17.8. The highest BCUT2D eigenvalue weighted by Gasteiger charge is 2.68. The summed E-state index contributed by atoms with van der Waals surface area (Å²) in [6.45, 7) is 0.778. The quantitative estimate of drug-likeness (QED) is 0.643. The first-order valence-corrected chi connectivity index (χ1v) is 12.0. The molecule has 3 nitrogen and oxygen atoms in total. The Balaban J connectivity index is 1.33. The van der Waals surface area contributed by atoms with Gasteiger partial charge in [-0.1, -0.05) is 72.8 Å². The first-order valence-electron chi connectivity index (χ1n) is 12.0. The van der Waals surface area contributed by atoms with Gasteiger partial charge in [0.1, 0.15) is 0 Å². The number of fused-ring (bicyclic) bond motifs is 9. The molecule has 7 rings (SSSR count). The van der Waals surface area contributed by atoms with Crippen LogP contribution in [0, 0.1) is 29.6 Å². The third-order valence-corrected chi connectivity index (χ3v) is 9.09. The van der Waals surface area contributed by atoms with Gasteiger partial charge >= 0.3 is 0 Å². The Morgan fingerprint density at radius 3 is 2.42 bits per heavy atom. The van der Waals surface area contributed by atoms with Crippen molar-refractivity contribution in [3.05, 3.63) is 83.9 Å². The molecule has 158 valence electrons. The summed E-state index contributed by atoms with van der Waals surface area (Å²) in [5.41, 5.74) is 1.98. The number of carbonyl (C=O) groups excluding carboxylic acids is 1. The molecule has 8 atom stereocenters. The second-order valence-corrected chi connectivity index (χ2v) is 10.3. The maximum absolute atomic E-state index is 14.2. The largest absolute Gasteiger partial charge is 0.350 e. The number of amides is 1. The van der Waals surface area contributed by atoms with E-state index in [1.807, 2.05) is 0 Å². The fraction of sp³-hybridized carbons (Fsp3) is 0.464. The van der Waals surface area contributed by atoms with Gasteiger partial charge in [-0.15, -0.1) is 0 Å². The molecule has 5 aliphatic rings. The third-order valence-electron chi connectivity index (χ3n) is 9.09. The van der Waals surface area contributed by atoms with E-state index in [1.165, 1.54) is 17.5 Å². The molecule has 2 aromatic carbocycles. The molecule has 1 amide bonds. The van der Waals surface area contributed by atoms with Crippen molar-refractivity contribution in [1.29, 1.82) is 0 Å². The fourth-order valence-electron chi connectivity index (χ4n) is 7.85. The van der Waals surface area contributed by atoms with E-state index in [-0.39, 0.29) is 11.8 Å². The van der Waals surface area contributed by atoms with Gasteiger partial charge in [-0.05, 0) is 49.0 Å². The number of hydrogen-bond acceptors (Lipinski definition) is 2. The molecule has 31 heavy (non-hydrogen) atoms. The highest BCUT2D eigenvalue weighted by Crippen LogP contribution is 2.62. The molecule has 2 aromatic rings. The van der Waals surface area contributed by atoms with Gasteiger partial charge in [-0.2, -0.15) is 0 Å². The number of allylic oxidation sites excluding steroid dienone is 1. The van der Waals surface area contributed by atoms with Crippen LogP contribution in [0.2, 0.25) is 0 Å². The minimum absolute atomic E-state index is 0.0565. The Labute approximate surface area is 184 Å². The van der Waals surface area contributed by atoms with Crippen LogP contribution in [0.5, 0.6) is 0 Å². The summed E-state index contributed by atoms with van der Waals surface area (Å²) in [4.78, 5) is 16.4. The average molecular weight is 412 g/mol. The van der Waals surface area contributed by atoms with E-state index in [1.54, 1.807) is 0 Å². The van der Waals surface area contributed by atoms with Crippen molar-refractivity contribution < 1.29 is 9.53 Å². The standard InChI is InChI=1S/C28H29NO2/c30-27-23-16-19(18-7-3-1-4-8-18)13-14-25(23)28(22-9-5-2-6-10-22)29(27)26-21-12-11-20(15-21)24(26)17-31-28/h1-12,19-21,23-26H,13-17H2/t19-,20+,21-,23+,24+,25-,26-,28-/m0/s1. The Morgan fingerprint density at radius 2 is 1.61 bits per heavy atom. The van der Waals surface area contributed by atoms with Crippen molar-refractivity contribution in [2.24, 2.45) is 29.6 Å². The van der Waals surface area contributed by atoms with Crippen molar-refractivity contribution in [2.75, 3.05) is 6.61 Å². The summed E-state index contributed by atoms with van der Waals surface area (Å²) in [6, 6.07) is 21.8. The summed E-state index contributed by atoms with van der Waals surface area (Å²) < 4.78 is 6.89. The Hall–Kier alpha value is -2.39. The van der Waals surface area contributed by atoms with Crippen LogP contribution in [0.25, 0.3) is 0 Å². The van der Waals surface area contributed by atoms with Crippen LogP contribution < -0.4 is 0 Å². The maximum Gasteiger partial charge on any atom is 0.228 e. The average Bonchev–Trinajstić information content (AvgIpc) is 3.52. The van der Waals surface area contributed by atoms with Crippen LogP contribution in [0.15, 0.2) is 72.8 Å². The van der Waals surface area contributed by atoms with E-state index in [0.717, 1.165) is 25.9 Å². The molecule has 0 spiro atoms. The molecule has 0 unspecified atom stereocenters. The highest BCUT2D eigenvalue weighted by atomic mass is 16.5. The number of carbonyl (C=O) groups is 1. The lowest BCUT2D eigenvalue weighted by Crippen LogP contribution is -2.61. The molecule has 2 saturated carbocycles. The van der Waals surface area contributed by atoms with Gasteiger partial charge in [0.15, 0.2) is 5.72 Å². The molecule has 3 heteroatoms. The maximum atomic E-state index is 14.2. The molecule has 2 aliphatic heterocycles. The van der Waals surface area contributed by atoms with Gasteiger partial charge in [0.2, 0.25) is 5.91 Å². The van der Waals surface area contributed by atoms with Gasteiger partial charge in [-0.3, -0.25) is 4.79 Å². The summed E-state index contributed by atoms with van der Waals surface area (Å²) >= 11 is 0. The molecule has 2 saturated heterocycles. The van der Waals surface area contributed by atoms with Gasteiger partial charge in [0.05, 0.1) is 6.61 Å². The first kappa shape index (κ1) is 18.2. The Bertz CT molecular complexity index is 1030. The normalized spacial score (nSPS) is 42.4. The third kappa shape index (κ3) is 2.36. The van der Waals surface area contributed by atoms with Crippen LogP contribution in [0.3, 0.4) is 0 Å². The monoisotopic (exact) mass is 411 g/mol. The SMILES string of the molecule is O=C1[C@@H]2C[C@@H](c3ccccc3)CC[C@@H]2[C@]2(c3ccccc3)OC[C@H]3[C@H]([C@H]4C=C[C@@H]3C4)N12. The number of benzene rings is 2. The lowest BCUT2D eigenvalue weighted by atomic mass is 9.68. The molecule has 2 bridgehead atoms. The predicted molar refractivity (Wildman–Crippen MR) is 119 cm³/mol. The fourth-order valence-corrected chi connectivity index (χ4v) is 7.85. The smallest absolute Gasteiger partial charge is 0.228 e. The number of ether oxygens (including phenoxy) is 1. The molecule has 2 heterocycles. The summed E-state index contributed by atoms with van der Waals surface area (Å²) in [7, 11) is 0. The lowest BCUT2D eigenvalue weighted by molar-refractivity contribution is -0.237. The zero-order valence-corrected chi connectivity index (χ0v) is 17.8. The molecule has 0 radical (unpaired) electrons. The predicted octanol–water partition coefficient (Wildman–Crippen LogP) is 5.10. The van der Waals surface area contributed by atoms with Crippen LogP contribution in [0.1, 0.15) is 42.7 Å². The molecular weight excluding hydrogens is 382 g/mol. The van der Waals surface area contributed by atoms with Crippen LogP contribution in [-0.4, -0.2) is 23.5 Å². The van der Waals surface area contributed by atoms with Crippen LogP contribution >= 0.6 is 0 Å². The van der Waals surface area contributed by atoms with Gasteiger partial charge in [-0.25, -0.2) is 0 Å². The summed E-state index contributed by atoms with van der Waals surface area (Å²) in [6.07, 6.45) is 9.07. The second-order valence-electron chi connectivity index (χ2n) is 10.3. The molecular formula is C28H29NO2. The topological polar surface area (TPSA) is 29.5 Å². The minimum Gasteiger partial charge on any atom is -0.350 e. The van der Waals surface area contributed by atoms with E-state index >= 15 is 0 Å². The number of hydrogen-bond donors (Lipinski definition) is 0. The van der Waals surface area contributed by atoms with Crippen LogP contribution in [-0.2, 0) is 15.3 Å². The van der Waals surface area contributed by atoms with Crippen molar-refractivity contribution in [3.63, 3.8) is 0 Å². The second kappa shape index (κ2) is 6.56. The van der Waals surface area contributed by atoms with Gasteiger partial charge < -0.3 is 9.64 Å². The Morgan fingerprint density at radius 1 is 0.871 bits per heavy atom. The van der Waals surface area contributed by atoms with E-state index in [0.29, 0.717) is 35.6 Å². The zero-order chi connectivity index (χ0) is 20.6. The first-order chi connectivity index (χ1) is 15.3. The Kier molecular flexibility index (Phi) is 3.85. The van der Waals surface area contributed by atoms with Crippen molar-refractivity contribution in [1.82, 2.24) is 4.90 Å². The number of nitrogens with zero attached hydrogens (tertiary/aromatic N) is 1. The summed E-state index contributed by atoms with van der Waals surface area (Å²) in [5.74, 6) is 2.65. The summed E-state index contributed by atoms with van der Waals surface area (Å²) in [5, 5.41) is 0. The number of rotatable bonds is 2. The van der Waals surface area contributed by atoms with E-state index in [2.05, 4.69) is 77.7 Å². The van der Waals surface area contributed by atoms with E-state index in [4.69, 9.17) is 4.74 Å². The van der Waals surface area contributed by atoms with Crippen molar-refractivity contribution in [2.45, 2.75) is 43.4 Å². The molecule has 0 N–H and O–H groups in total.